The molecule has 0 radical (unpaired) electrons. The summed E-state index contributed by atoms with van der Waals surface area (Å²) in [5.41, 5.74) is 7.34. The van der Waals surface area contributed by atoms with Crippen LogP contribution in [0.4, 0.5) is 5.69 Å². The molecule has 0 unspecified atom stereocenters. The number of nitrogens with two attached hydrogens (primary N) is 1. The van der Waals surface area contributed by atoms with Crippen LogP contribution < -0.4 is 16.4 Å². The van der Waals surface area contributed by atoms with Crippen LogP contribution in [0.5, 0.6) is 0 Å². The fourth-order valence-electron chi connectivity index (χ4n) is 2.17. The molecule has 0 saturated carbocycles. The van der Waals surface area contributed by atoms with Crippen molar-refractivity contribution in [1.29, 1.82) is 0 Å². The zero-order valence-corrected chi connectivity index (χ0v) is 15.0. The average molecular weight is 337 g/mol. The van der Waals surface area contributed by atoms with Gasteiger partial charge in [0.1, 0.15) is 0 Å². The van der Waals surface area contributed by atoms with E-state index in [9.17, 15) is 9.59 Å². The summed E-state index contributed by atoms with van der Waals surface area (Å²) in [4.78, 5) is 23.8. The monoisotopic (exact) mass is 337 g/mol. The van der Waals surface area contributed by atoms with Gasteiger partial charge in [0.15, 0.2) is 0 Å². The summed E-state index contributed by atoms with van der Waals surface area (Å²) in [7, 11) is 0. The van der Waals surface area contributed by atoms with Crippen LogP contribution in [-0.2, 0) is 9.59 Å². The Hall–Kier alpha value is -1.53. The molecule has 0 heterocycles. The molecule has 0 aromatic heterocycles. The van der Waals surface area contributed by atoms with Crippen molar-refractivity contribution in [2.45, 2.75) is 39.2 Å². The lowest BCUT2D eigenvalue weighted by Crippen LogP contribution is -2.53. The Morgan fingerprint density at radius 3 is 2.17 bits per heavy atom. The Labute approximate surface area is 142 Å². The molecule has 0 atom stereocenters. The highest BCUT2D eigenvalue weighted by Crippen LogP contribution is 2.14. The summed E-state index contributed by atoms with van der Waals surface area (Å²) in [5, 5.41) is 5.81. The molecule has 0 bridgehead atoms. The second kappa shape index (κ2) is 9.57. The molecular weight excluding hydrogens is 310 g/mol. The second-order valence-electron chi connectivity index (χ2n) is 5.65. The molecule has 0 aliphatic heterocycles. The average Bonchev–Trinajstić information content (AvgIpc) is 2.55. The first-order chi connectivity index (χ1) is 10.9. The third-order valence-corrected chi connectivity index (χ3v) is 4.88. The number of nitrogens with one attached hydrogen (secondary N) is 2. The van der Waals surface area contributed by atoms with Gasteiger partial charge < -0.3 is 16.4 Å². The first-order valence-electron chi connectivity index (χ1n) is 7.90. The van der Waals surface area contributed by atoms with Crippen LogP contribution in [0.2, 0.25) is 0 Å². The van der Waals surface area contributed by atoms with E-state index >= 15 is 0 Å². The molecule has 0 spiro atoms. The molecule has 0 aliphatic carbocycles. The molecule has 1 aromatic rings. The molecule has 1 rings (SSSR count). The lowest BCUT2D eigenvalue weighted by Gasteiger charge is -2.31. The number of rotatable bonds is 9. The number of hydrogen-bond donors (Lipinski definition) is 3. The Morgan fingerprint density at radius 1 is 1.09 bits per heavy atom. The van der Waals surface area contributed by atoms with Crippen molar-refractivity contribution in [3.05, 3.63) is 29.8 Å². The lowest BCUT2D eigenvalue weighted by atomic mass is 9.93. The summed E-state index contributed by atoms with van der Waals surface area (Å²) in [6.07, 6.45) is 1.59. The van der Waals surface area contributed by atoms with Gasteiger partial charge in [-0.1, -0.05) is 31.5 Å². The van der Waals surface area contributed by atoms with Gasteiger partial charge in [0, 0.05) is 12.2 Å². The molecule has 4 N–H and O–H groups in total. The number of aryl methyl sites for hydroxylation is 1. The van der Waals surface area contributed by atoms with E-state index < -0.39 is 0 Å². The summed E-state index contributed by atoms with van der Waals surface area (Å²) < 4.78 is 0. The molecule has 0 saturated heterocycles. The molecule has 2 amide bonds. The molecule has 0 fully saturated rings. The number of thioether (sulfide) groups is 1. The number of carbonyl (C=O) groups is 2. The molecule has 23 heavy (non-hydrogen) atoms. The van der Waals surface area contributed by atoms with E-state index in [1.165, 1.54) is 11.8 Å². The van der Waals surface area contributed by atoms with Crippen molar-refractivity contribution < 1.29 is 9.59 Å². The van der Waals surface area contributed by atoms with Crippen molar-refractivity contribution in [3.8, 4) is 0 Å². The molecule has 128 valence electrons. The van der Waals surface area contributed by atoms with Crippen molar-refractivity contribution in [3.63, 3.8) is 0 Å². The van der Waals surface area contributed by atoms with Gasteiger partial charge in [-0.2, -0.15) is 0 Å². The van der Waals surface area contributed by atoms with Gasteiger partial charge in [0.05, 0.1) is 17.0 Å². The Morgan fingerprint density at radius 2 is 1.65 bits per heavy atom. The van der Waals surface area contributed by atoms with Gasteiger partial charge >= 0.3 is 0 Å². The van der Waals surface area contributed by atoms with Crippen molar-refractivity contribution in [2.24, 2.45) is 5.73 Å². The first-order valence-corrected chi connectivity index (χ1v) is 9.05. The zero-order valence-electron chi connectivity index (χ0n) is 14.1. The highest BCUT2D eigenvalue weighted by molar-refractivity contribution is 8.00. The Kier molecular flexibility index (Phi) is 8.12. The maximum atomic E-state index is 12.0. The fraction of sp³-hybridized carbons (Fsp3) is 0.529. The molecular formula is C17H27N3O2S. The second-order valence-corrected chi connectivity index (χ2v) is 6.63. The van der Waals surface area contributed by atoms with Crippen molar-refractivity contribution >= 4 is 29.3 Å². The Balaban J connectivity index is 2.34. The first kappa shape index (κ1) is 19.5. The Bertz CT molecular complexity index is 505. The van der Waals surface area contributed by atoms with Crippen LogP contribution in [0, 0.1) is 6.92 Å². The fourth-order valence-corrected chi connectivity index (χ4v) is 2.79. The summed E-state index contributed by atoms with van der Waals surface area (Å²) >= 11 is 1.30. The summed E-state index contributed by atoms with van der Waals surface area (Å²) in [6.45, 7) is 6.44. The highest BCUT2D eigenvalue weighted by atomic mass is 32.2. The van der Waals surface area contributed by atoms with Crippen LogP contribution in [0.25, 0.3) is 0 Å². The normalized spacial score (nSPS) is 11.1. The van der Waals surface area contributed by atoms with E-state index in [1.54, 1.807) is 0 Å². The summed E-state index contributed by atoms with van der Waals surface area (Å²) in [5.74, 6) is 0.313. The number of hydrogen-bond acceptors (Lipinski definition) is 4. The molecule has 0 aliphatic rings. The van der Waals surface area contributed by atoms with Gasteiger partial charge in [-0.15, -0.1) is 11.8 Å². The topological polar surface area (TPSA) is 84.2 Å². The largest absolute Gasteiger partial charge is 0.349 e. The van der Waals surface area contributed by atoms with E-state index in [0.29, 0.717) is 6.54 Å². The number of amides is 2. The number of benzene rings is 1. The van der Waals surface area contributed by atoms with E-state index in [-0.39, 0.29) is 28.9 Å². The summed E-state index contributed by atoms with van der Waals surface area (Å²) in [6, 6.07) is 7.61. The minimum atomic E-state index is -0.332. The van der Waals surface area contributed by atoms with Gasteiger partial charge in [-0.05, 0) is 31.9 Å². The predicted molar refractivity (Wildman–Crippen MR) is 97.6 cm³/mol. The van der Waals surface area contributed by atoms with Gasteiger partial charge in [-0.25, -0.2) is 0 Å². The minimum Gasteiger partial charge on any atom is -0.349 e. The van der Waals surface area contributed by atoms with Gasteiger partial charge in [0.25, 0.3) is 0 Å². The lowest BCUT2D eigenvalue weighted by molar-refractivity contribution is -0.120. The number of carbonyl (C=O) groups excluding carboxylic acids is 2. The van der Waals surface area contributed by atoms with Crippen molar-refractivity contribution in [1.82, 2.24) is 5.32 Å². The van der Waals surface area contributed by atoms with E-state index in [2.05, 4.69) is 10.6 Å². The maximum absolute atomic E-state index is 12.0. The standard InChI is InChI=1S/C17H27N3O2S/c1-4-17(5-2,12-18)20-16(22)11-23-10-15(21)19-14-8-6-13(3)7-9-14/h6-9H,4-5,10-12,18H2,1-3H3,(H,19,21)(H,20,22). The van der Waals surface area contributed by atoms with Gasteiger partial charge in [0.2, 0.25) is 11.8 Å². The van der Waals surface area contributed by atoms with E-state index in [1.807, 2.05) is 45.0 Å². The van der Waals surface area contributed by atoms with Crippen molar-refractivity contribution in [2.75, 3.05) is 23.4 Å². The maximum Gasteiger partial charge on any atom is 0.234 e. The van der Waals surface area contributed by atoms with Crippen LogP contribution in [0.15, 0.2) is 24.3 Å². The van der Waals surface area contributed by atoms with Crippen LogP contribution in [0.1, 0.15) is 32.3 Å². The van der Waals surface area contributed by atoms with Gasteiger partial charge in [-0.3, -0.25) is 9.59 Å². The highest BCUT2D eigenvalue weighted by Gasteiger charge is 2.26. The molecule has 1 aromatic carbocycles. The zero-order chi connectivity index (χ0) is 17.3. The van der Waals surface area contributed by atoms with Crippen LogP contribution >= 0.6 is 11.8 Å². The number of anilines is 1. The third kappa shape index (κ3) is 6.62. The third-order valence-electron chi connectivity index (χ3n) is 3.95. The molecule has 6 heteroatoms. The van der Waals surface area contributed by atoms with E-state index in [4.69, 9.17) is 5.73 Å². The quantitative estimate of drug-likeness (QED) is 0.645. The van der Waals surface area contributed by atoms with E-state index in [0.717, 1.165) is 24.1 Å². The smallest absolute Gasteiger partial charge is 0.234 e. The predicted octanol–water partition coefficient (Wildman–Crippen LogP) is 2.30. The minimum absolute atomic E-state index is 0.0766. The van der Waals surface area contributed by atoms with Crippen LogP contribution in [-0.4, -0.2) is 35.4 Å². The van der Waals surface area contributed by atoms with Crippen LogP contribution in [0.3, 0.4) is 0 Å². The SMILES string of the molecule is CCC(CC)(CN)NC(=O)CSCC(=O)Nc1ccc(C)cc1. The molecule has 5 nitrogen and oxygen atoms in total.